The number of carboxylic acids is 1. The number of hydrogen-bond acceptors (Lipinski definition) is 2. The van der Waals surface area contributed by atoms with Crippen molar-refractivity contribution in [2.24, 2.45) is 11.8 Å². The Labute approximate surface area is 82.9 Å². The first-order valence-corrected chi connectivity index (χ1v) is 5.20. The number of likely N-dealkylation sites (tertiary alicyclic amines) is 1. The molecule has 1 amide bonds. The molecule has 4 nitrogen and oxygen atoms in total. The zero-order valence-electron chi connectivity index (χ0n) is 8.11. The summed E-state index contributed by atoms with van der Waals surface area (Å²) in [6, 6.07) is 0. The third-order valence-electron chi connectivity index (χ3n) is 3.08. The van der Waals surface area contributed by atoms with E-state index in [4.69, 9.17) is 5.11 Å². The quantitative estimate of drug-likeness (QED) is 0.709. The summed E-state index contributed by atoms with van der Waals surface area (Å²) >= 11 is 0. The van der Waals surface area contributed by atoms with Gasteiger partial charge in [-0.2, -0.15) is 0 Å². The van der Waals surface area contributed by atoms with E-state index in [0.29, 0.717) is 25.9 Å². The lowest BCUT2D eigenvalue weighted by Gasteiger charge is -2.30. The van der Waals surface area contributed by atoms with Crippen LogP contribution in [0.15, 0.2) is 0 Å². The SMILES string of the molecule is O=C(O)C1CCN(C(=O)C2CC2)CC1. The Balaban J connectivity index is 1.83. The molecule has 0 aromatic carbocycles. The van der Waals surface area contributed by atoms with Crippen LogP contribution in [0.1, 0.15) is 25.7 Å². The van der Waals surface area contributed by atoms with Crippen LogP contribution in [0.5, 0.6) is 0 Å². The monoisotopic (exact) mass is 197 g/mol. The maximum Gasteiger partial charge on any atom is 0.306 e. The number of nitrogens with zero attached hydrogens (tertiary/aromatic N) is 1. The van der Waals surface area contributed by atoms with Gasteiger partial charge in [-0.05, 0) is 25.7 Å². The van der Waals surface area contributed by atoms with Crippen LogP contribution in [-0.4, -0.2) is 35.0 Å². The van der Waals surface area contributed by atoms with E-state index in [1.54, 1.807) is 0 Å². The molecule has 4 heteroatoms. The van der Waals surface area contributed by atoms with Crippen LogP contribution in [-0.2, 0) is 9.59 Å². The van der Waals surface area contributed by atoms with Crippen LogP contribution in [0, 0.1) is 11.8 Å². The maximum absolute atomic E-state index is 11.6. The van der Waals surface area contributed by atoms with Gasteiger partial charge in [-0.1, -0.05) is 0 Å². The second kappa shape index (κ2) is 3.59. The fourth-order valence-electron chi connectivity index (χ4n) is 1.94. The van der Waals surface area contributed by atoms with E-state index in [0.717, 1.165) is 12.8 Å². The number of carboxylic acid groups (broad SMARTS) is 1. The Hall–Kier alpha value is -1.06. The zero-order valence-corrected chi connectivity index (χ0v) is 8.11. The van der Waals surface area contributed by atoms with Crippen molar-refractivity contribution in [2.75, 3.05) is 13.1 Å². The molecule has 0 aromatic heterocycles. The number of amides is 1. The minimum absolute atomic E-state index is 0.238. The third-order valence-corrected chi connectivity index (χ3v) is 3.08. The third kappa shape index (κ3) is 1.89. The Morgan fingerprint density at radius 3 is 2.00 bits per heavy atom. The molecule has 0 unspecified atom stereocenters. The van der Waals surface area contributed by atoms with E-state index < -0.39 is 5.97 Å². The van der Waals surface area contributed by atoms with E-state index >= 15 is 0 Å². The molecule has 0 aromatic rings. The van der Waals surface area contributed by atoms with Crippen molar-refractivity contribution in [3.05, 3.63) is 0 Å². The highest BCUT2D eigenvalue weighted by Gasteiger charge is 2.35. The highest BCUT2D eigenvalue weighted by atomic mass is 16.4. The molecular weight excluding hydrogens is 182 g/mol. The van der Waals surface area contributed by atoms with Crippen LogP contribution in [0.2, 0.25) is 0 Å². The van der Waals surface area contributed by atoms with E-state index in [2.05, 4.69) is 0 Å². The minimum atomic E-state index is -0.719. The molecule has 1 saturated heterocycles. The molecule has 2 aliphatic rings. The first kappa shape index (κ1) is 9.49. The average molecular weight is 197 g/mol. The molecule has 14 heavy (non-hydrogen) atoms. The van der Waals surface area contributed by atoms with Crippen LogP contribution >= 0.6 is 0 Å². The molecule has 1 saturated carbocycles. The van der Waals surface area contributed by atoms with E-state index in [1.807, 2.05) is 4.90 Å². The van der Waals surface area contributed by atoms with Crippen LogP contribution in [0.4, 0.5) is 0 Å². The molecule has 1 aliphatic carbocycles. The molecule has 2 rings (SSSR count). The number of rotatable bonds is 2. The first-order valence-electron chi connectivity index (χ1n) is 5.20. The highest BCUT2D eigenvalue weighted by molar-refractivity contribution is 5.81. The lowest BCUT2D eigenvalue weighted by molar-refractivity contribution is -0.146. The molecule has 1 N–H and O–H groups in total. The van der Waals surface area contributed by atoms with Crippen molar-refractivity contribution in [3.63, 3.8) is 0 Å². The second-order valence-corrected chi connectivity index (χ2v) is 4.21. The smallest absolute Gasteiger partial charge is 0.306 e. The lowest BCUT2D eigenvalue weighted by atomic mass is 9.97. The van der Waals surface area contributed by atoms with Gasteiger partial charge in [0.05, 0.1) is 5.92 Å². The molecular formula is C10H15NO3. The van der Waals surface area contributed by atoms with Gasteiger partial charge in [0.2, 0.25) is 5.91 Å². The summed E-state index contributed by atoms with van der Waals surface area (Å²) in [6.45, 7) is 1.26. The summed E-state index contributed by atoms with van der Waals surface area (Å²) in [5, 5.41) is 8.78. The van der Waals surface area contributed by atoms with Crippen molar-refractivity contribution in [1.29, 1.82) is 0 Å². The van der Waals surface area contributed by atoms with Gasteiger partial charge in [0.1, 0.15) is 0 Å². The Morgan fingerprint density at radius 1 is 1.00 bits per heavy atom. The molecule has 1 heterocycles. The number of carbonyl (C=O) groups excluding carboxylic acids is 1. The van der Waals surface area contributed by atoms with Gasteiger partial charge in [-0.25, -0.2) is 0 Å². The predicted octanol–water partition coefficient (Wildman–Crippen LogP) is 0.720. The summed E-state index contributed by atoms with van der Waals surface area (Å²) in [4.78, 5) is 24.1. The molecule has 2 fully saturated rings. The maximum atomic E-state index is 11.6. The molecule has 0 bridgehead atoms. The highest BCUT2D eigenvalue weighted by Crippen LogP contribution is 2.32. The summed E-state index contributed by atoms with van der Waals surface area (Å²) in [6.07, 6.45) is 3.29. The normalized spacial score (nSPS) is 23.6. The number of piperidine rings is 1. The van der Waals surface area contributed by atoms with Gasteiger partial charge in [-0.15, -0.1) is 0 Å². The van der Waals surface area contributed by atoms with Gasteiger partial charge in [0.15, 0.2) is 0 Å². The Kier molecular flexibility index (Phi) is 2.44. The fourth-order valence-corrected chi connectivity index (χ4v) is 1.94. The van der Waals surface area contributed by atoms with Gasteiger partial charge in [0, 0.05) is 19.0 Å². The zero-order chi connectivity index (χ0) is 10.1. The Morgan fingerprint density at radius 2 is 1.57 bits per heavy atom. The standard InChI is InChI=1S/C10H15NO3/c12-9(7-1-2-7)11-5-3-8(4-6-11)10(13)14/h7-8H,1-6H2,(H,13,14). The van der Waals surface area contributed by atoms with Crippen molar-refractivity contribution < 1.29 is 14.7 Å². The van der Waals surface area contributed by atoms with Gasteiger partial charge < -0.3 is 10.0 Å². The molecule has 0 atom stereocenters. The van der Waals surface area contributed by atoms with E-state index in [9.17, 15) is 9.59 Å². The first-order chi connectivity index (χ1) is 6.68. The van der Waals surface area contributed by atoms with Crippen molar-refractivity contribution in [2.45, 2.75) is 25.7 Å². The van der Waals surface area contributed by atoms with Crippen LogP contribution in [0.3, 0.4) is 0 Å². The summed E-state index contributed by atoms with van der Waals surface area (Å²) < 4.78 is 0. The van der Waals surface area contributed by atoms with E-state index in [1.165, 1.54) is 0 Å². The lowest BCUT2D eigenvalue weighted by Crippen LogP contribution is -2.40. The Bertz CT molecular complexity index is 252. The molecule has 78 valence electrons. The predicted molar refractivity (Wildman–Crippen MR) is 49.7 cm³/mol. The average Bonchev–Trinajstić information content (AvgIpc) is 3.00. The van der Waals surface area contributed by atoms with Crippen LogP contribution in [0.25, 0.3) is 0 Å². The summed E-state index contributed by atoms with van der Waals surface area (Å²) in [5.74, 6) is -0.452. The molecule has 0 spiro atoms. The molecule has 1 aliphatic heterocycles. The largest absolute Gasteiger partial charge is 0.481 e. The molecule has 0 radical (unpaired) electrons. The van der Waals surface area contributed by atoms with Crippen molar-refractivity contribution in [3.8, 4) is 0 Å². The van der Waals surface area contributed by atoms with Crippen LogP contribution < -0.4 is 0 Å². The van der Waals surface area contributed by atoms with Crippen molar-refractivity contribution in [1.82, 2.24) is 4.90 Å². The fraction of sp³-hybridized carbons (Fsp3) is 0.800. The number of hydrogen-bond donors (Lipinski definition) is 1. The minimum Gasteiger partial charge on any atom is -0.481 e. The summed E-state index contributed by atoms with van der Waals surface area (Å²) in [5.41, 5.74) is 0. The topological polar surface area (TPSA) is 57.6 Å². The number of carbonyl (C=O) groups is 2. The van der Waals surface area contributed by atoms with Gasteiger partial charge in [-0.3, -0.25) is 9.59 Å². The van der Waals surface area contributed by atoms with Gasteiger partial charge in [0.25, 0.3) is 0 Å². The van der Waals surface area contributed by atoms with E-state index in [-0.39, 0.29) is 17.7 Å². The summed E-state index contributed by atoms with van der Waals surface area (Å²) in [7, 11) is 0. The van der Waals surface area contributed by atoms with Crippen molar-refractivity contribution >= 4 is 11.9 Å². The van der Waals surface area contributed by atoms with Gasteiger partial charge >= 0.3 is 5.97 Å². The number of aliphatic carboxylic acids is 1. The second-order valence-electron chi connectivity index (χ2n) is 4.21.